The summed E-state index contributed by atoms with van der Waals surface area (Å²) < 4.78 is 8.06. The normalized spacial score (nSPS) is 10.6. The minimum absolute atomic E-state index is 0.281. The van der Waals surface area contributed by atoms with E-state index in [9.17, 15) is 9.59 Å². The fraction of sp³-hybridized carbons (Fsp3) is 0.227. The van der Waals surface area contributed by atoms with Crippen molar-refractivity contribution in [1.82, 2.24) is 15.1 Å². The van der Waals surface area contributed by atoms with Crippen LogP contribution < -0.4 is 15.4 Å². The van der Waals surface area contributed by atoms with Gasteiger partial charge in [-0.2, -0.15) is 5.10 Å². The van der Waals surface area contributed by atoms with Gasteiger partial charge < -0.3 is 15.4 Å². The summed E-state index contributed by atoms with van der Waals surface area (Å²) in [5.41, 5.74) is 2.00. The van der Waals surface area contributed by atoms with Gasteiger partial charge in [0.2, 0.25) is 0 Å². The predicted octanol–water partition coefficient (Wildman–Crippen LogP) is 4.81. The third-order valence-electron chi connectivity index (χ3n) is 4.44. The molecule has 7 nitrogen and oxygen atoms in total. The van der Waals surface area contributed by atoms with E-state index in [0.29, 0.717) is 40.9 Å². The summed E-state index contributed by atoms with van der Waals surface area (Å²) in [5, 5.41) is 10.2. The Bertz CT molecular complexity index is 1080. The van der Waals surface area contributed by atoms with Gasteiger partial charge in [-0.1, -0.05) is 46.6 Å². The van der Waals surface area contributed by atoms with Gasteiger partial charge in [0.1, 0.15) is 18.1 Å². The molecule has 162 valence electrons. The summed E-state index contributed by atoms with van der Waals surface area (Å²) in [6.45, 7) is 2.83. The van der Waals surface area contributed by atoms with Crippen LogP contribution >= 0.6 is 27.5 Å². The minimum Gasteiger partial charge on any atom is -0.487 e. The van der Waals surface area contributed by atoms with E-state index in [1.165, 1.54) is 10.9 Å². The summed E-state index contributed by atoms with van der Waals surface area (Å²) in [4.78, 5) is 25.0. The van der Waals surface area contributed by atoms with Crippen molar-refractivity contribution in [2.75, 3.05) is 11.9 Å². The monoisotopic (exact) mass is 504 g/mol. The molecule has 0 aliphatic heterocycles. The number of nitrogens with zero attached hydrogens (tertiary/aromatic N) is 2. The van der Waals surface area contributed by atoms with E-state index in [4.69, 9.17) is 16.3 Å². The SMILES string of the molecule is CCCNC(=O)c1c(NC(=O)c2ccc(COc3ccc(Br)cc3Cl)cc2)cnn1C. The number of carbonyl (C=O) groups excluding carboxylic acids is 2. The number of anilines is 1. The third kappa shape index (κ3) is 5.86. The highest BCUT2D eigenvalue weighted by atomic mass is 79.9. The van der Waals surface area contributed by atoms with Crippen LogP contribution in [-0.2, 0) is 13.7 Å². The lowest BCUT2D eigenvalue weighted by Crippen LogP contribution is -2.27. The van der Waals surface area contributed by atoms with Gasteiger partial charge in [0.05, 0.1) is 16.9 Å². The maximum Gasteiger partial charge on any atom is 0.271 e. The smallest absolute Gasteiger partial charge is 0.271 e. The first-order valence-electron chi connectivity index (χ1n) is 9.67. The van der Waals surface area contributed by atoms with Crippen molar-refractivity contribution >= 4 is 45.0 Å². The average molecular weight is 506 g/mol. The number of aryl methyl sites for hydroxylation is 1. The molecule has 1 heterocycles. The molecule has 0 aliphatic carbocycles. The van der Waals surface area contributed by atoms with Crippen molar-refractivity contribution < 1.29 is 14.3 Å². The number of halogens is 2. The van der Waals surface area contributed by atoms with Crippen molar-refractivity contribution in [1.29, 1.82) is 0 Å². The van der Waals surface area contributed by atoms with Crippen LogP contribution in [-0.4, -0.2) is 28.1 Å². The molecule has 1 aromatic heterocycles. The largest absolute Gasteiger partial charge is 0.487 e. The van der Waals surface area contributed by atoms with Crippen LogP contribution in [0.3, 0.4) is 0 Å². The Hall–Kier alpha value is -2.84. The molecule has 3 rings (SSSR count). The number of aromatic nitrogens is 2. The van der Waals surface area contributed by atoms with Gasteiger partial charge in [0, 0.05) is 23.6 Å². The minimum atomic E-state index is -0.332. The first-order valence-corrected chi connectivity index (χ1v) is 10.8. The van der Waals surface area contributed by atoms with Crippen LogP contribution in [0, 0.1) is 0 Å². The molecule has 0 spiro atoms. The van der Waals surface area contributed by atoms with Gasteiger partial charge in [0.15, 0.2) is 0 Å². The summed E-state index contributed by atoms with van der Waals surface area (Å²) in [6.07, 6.45) is 2.28. The molecule has 9 heteroatoms. The second kappa shape index (κ2) is 10.5. The van der Waals surface area contributed by atoms with E-state index in [2.05, 4.69) is 31.7 Å². The van der Waals surface area contributed by atoms with Crippen molar-refractivity contribution in [3.8, 4) is 5.75 Å². The third-order valence-corrected chi connectivity index (χ3v) is 5.23. The van der Waals surface area contributed by atoms with E-state index < -0.39 is 0 Å². The molecular formula is C22H22BrClN4O3. The molecule has 0 radical (unpaired) electrons. The highest BCUT2D eigenvalue weighted by Crippen LogP contribution is 2.28. The van der Waals surface area contributed by atoms with E-state index in [-0.39, 0.29) is 11.8 Å². The Morgan fingerprint density at radius 3 is 2.58 bits per heavy atom. The molecule has 0 saturated carbocycles. The molecule has 0 aliphatic rings. The van der Waals surface area contributed by atoms with Crippen molar-refractivity contribution in [3.63, 3.8) is 0 Å². The number of amides is 2. The van der Waals surface area contributed by atoms with Crippen LogP contribution in [0.2, 0.25) is 5.02 Å². The highest BCUT2D eigenvalue weighted by molar-refractivity contribution is 9.10. The number of carbonyl (C=O) groups is 2. The van der Waals surface area contributed by atoms with Gasteiger partial charge >= 0.3 is 0 Å². The number of hydrogen-bond acceptors (Lipinski definition) is 4. The summed E-state index contributed by atoms with van der Waals surface area (Å²) in [6, 6.07) is 12.4. The second-order valence-electron chi connectivity index (χ2n) is 6.80. The molecule has 31 heavy (non-hydrogen) atoms. The van der Waals surface area contributed by atoms with Crippen molar-refractivity contribution in [2.45, 2.75) is 20.0 Å². The van der Waals surface area contributed by atoms with Gasteiger partial charge in [-0.25, -0.2) is 0 Å². The van der Waals surface area contributed by atoms with Gasteiger partial charge in [-0.3, -0.25) is 14.3 Å². The van der Waals surface area contributed by atoms with Gasteiger partial charge in [-0.05, 0) is 42.3 Å². The number of nitrogens with one attached hydrogen (secondary N) is 2. The Kier molecular flexibility index (Phi) is 7.70. The second-order valence-corrected chi connectivity index (χ2v) is 8.12. The average Bonchev–Trinajstić information content (AvgIpc) is 3.11. The van der Waals surface area contributed by atoms with E-state index >= 15 is 0 Å². The maximum atomic E-state index is 12.6. The Morgan fingerprint density at radius 2 is 1.90 bits per heavy atom. The van der Waals surface area contributed by atoms with Crippen molar-refractivity contribution in [2.24, 2.45) is 7.05 Å². The van der Waals surface area contributed by atoms with E-state index in [1.54, 1.807) is 43.4 Å². The quantitative estimate of drug-likeness (QED) is 0.460. The lowest BCUT2D eigenvalue weighted by Gasteiger charge is -2.10. The van der Waals surface area contributed by atoms with Gasteiger partial charge in [-0.15, -0.1) is 0 Å². The molecule has 0 saturated heterocycles. The molecule has 2 amide bonds. The zero-order valence-electron chi connectivity index (χ0n) is 17.1. The lowest BCUT2D eigenvalue weighted by atomic mass is 10.1. The van der Waals surface area contributed by atoms with Crippen LogP contribution in [0.4, 0.5) is 5.69 Å². The van der Waals surface area contributed by atoms with E-state index in [0.717, 1.165) is 16.5 Å². The first-order chi connectivity index (χ1) is 14.9. The first kappa shape index (κ1) is 22.8. The molecule has 3 aromatic rings. The standard InChI is InChI=1S/C22H22BrClN4O3/c1-3-10-25-22(30)20-18(12-26-28(20)2)27-21(29)15-6-4-14(5-7-15)13-31-19-9-8-16(23)11-17(19)24/h4-9,11-12H,3,10,13H2,1-2H3,(H,25,30)(H,27,29). The van der Waals surface area contributed by atoms with Gasteiger partial charge in [0.25, 0.3) is 11.8 Å². The number of rotatable bonds is 8. The number of benzene rings is 2. The Labute approximate surface area is 193 Å². The van der Waals surface area contributed by atoms with E-state index in [1.807, 2.05) is 13.0 Å². The summed E-state index contributed by atoms with van der Waals surface area (Å²) >= 11 is 9.52. The molecule has 0 unspecified atom stereocenters. The highest BCUT2D eigenvalue weighted by Gasteiger charge is 2.19. The molecule has 2 aromatic carbocycles. The zero-order valence-corrected chi connectivity index (χ0v) is 19.5. The Balaban J connectivity index is 1.64. The number of ether oxygens (including phenoxy) is 1. The molecule has 0 atom stereocenters. The van der Waals surface area contributed by atoms with Crippen LogP contribution in [0.1, 0.15) is 39.8 Å². The zero-order chi connectivity index (χ0) is 22.4. The summed E-state index contributed by atoms with van der Waals surface area (Å²) in [7, 11) is 1.66. The van der Waals surface area contributed by atoms with Crippen molar-refractivity contribution in [3.05, 3.63) is 75.0 Å². The maximum absolute atomic E-state index is 12.6. The molecule has 0 fully saturated rings. The molecular weight excluding hydrogens is 484 g/mol. The molecule has 2 N–H and O–H groups in total. The number of hydrogen-bond donors (Lipinski definition) is 2. The topological polar surface area (TPSA) is 85.2 Å². The fourth-order valence-corrected chi connectivity index (χ4v) is 3.55. The molecule has 0 bridgehead atoms. The summed E-state index contributed by atoms with van der Waals surface area (Å²) in [5.74, 6) is -0.0330. The van der Waals surface area contributed by atoms with Crippen LogP contribution in [0.5, 0.6) is 5.75 Å². The van der Waals surface area contributed by atoms with Crippen LogP contribution in [0.15, 0.2) is 53.1 Å². The lowest BCUT2D eigenvalue weighted by molar-refractivity contribution is 0.0945. The Morgan fingerprint density at radius 1 is 1.16 bits per heavy atom. The fourth-order valence-electron chi connectivity index (χ4n) is 2.82. The predicted molar refractivity (Wildman–Crippen MR) is 124 cm³/mol. The van der Waals surface area contributed by atoms with Crippen LogP contribution in [0.25, 0.3) is 0 Å².